The molecule has 0 spiro atoms. The van der Waals surface area contributed by atoms with Crippen LogP contribution in [0.1, 0.15) is 63.8 Å². The molecule has 1 aliphatic rings. The number of anilines is 1. The fraction of sp³-hybridized carbons (Fsp3) is 0.237. The third kappa shape index (κ3) is 5.81. The molecule has 42 heavy (non-hydrogen) atoms. The number of nitrogens with zero attached hydrogens (tertiary/aromatic N) is 2. The van der Waals surface area contributed by atoms with Crippen LogP contribution >= 0.6 is 0 Å². The van der Waals surface area contributed by atoms with Crippen LogP contribution in [0.4, 0.5) is 5.69 Å². The minimum atomic E-state index is 0.0429. The number of hydrogen-bond donors (Lipinski definition) is 1. The van der Waals surface area contributed by atoms with E-state index in [0.717, 1.165) is 28.0 Å². The van der Waals surface area contributed by atoms with Crippen LogP contribution in [0.15, 0.2) is 114 Å². The van der Waals surface area contributed by atoms with Crippen molar-refractivity contribution in [1.29, 1.82) is 0 Å². The van der Waals surface area contributed by atoms with E-state index in [2.05, 4.69) is 148 Å². The quantitative estimate of drug-likeness (QED) is 0.235. The Balaban J connectivity index is 1.29. The molecular weight excluding hydrogens is 514 g/mol. The summed E-state index contributed by atoms with van der Waals surface area (Å²) in [5.41, 5.74) is 13.8. The topological polar surface area (TPSA) is 41.3 Å². The standard InChI is InChI=1S/C38H39N3O/c1-37(2,3)29-18-11-26(12-19-29)13-22-31-25-34(27-14-20-30(21-15-27)38(4,5)6)41(40-31)32-23-16-28(17-24-32)36-39-33-9-7-8-10-35(33)42-36/h7-25,31,40H,1-6H3. The summed E-state index contributed by atoms with van der Waals surface area (Å²) in [6.45, 7) is 13.5. The highest BCUT2D eigenvalue weighted by molar-refractivity contribution is 5.83. The van der Waals surface area contributed by atoms with Gasteiger partial charge in [-0.3, -0.25) is 5.01 Å². The van der Waals surface area contributed by atoms with Crippen LogP contribution in [0.5, 0.6) is 0 Å². The van der Waals surface area contributed by atoms with Gasteiger partial charge in [-0.05, 0) is 75.6 Å². The summed E-state index contributed by atoms with van der Waals surface area (Å²) in [7, 11) is 0. The normalized spacial score (nSPS) is 16.0. The molecule has 0 saturated carbocycles. The van der Waals surface area contributed by atoms with E-state index in [1.165, 1.54) is 22.3 Å². The number of hydrogen-bond acceptors (Lipinski definition) is 4. The molecular formula is C38H39N3O. The number of hydrazine groups is 1. The molecule has 4 aromatic carbocycles. The van der Waals surface area contributed by atoms with Crippen molar-refractivity contribution in [2.75, 3.05) is 5.01 Å². The third-order valence-corrected chi connectivity index (χ3v) is 7.84. The van der Waals surface area contributed by atoms with Crippen molar-refractivity contribution < 1.29 is 4.42 Å². The van der Waals surface area contributed by atoms with E-state index in [-0.39, 0.29) is 16.9 Å². The zero-order valence-corrected chi connectivity index (χ0v) is 25.3. The number of benzene rings is 4. The summed E-state index contributed by atoms with van der Waals surface area (Å²) in [5.74, 6) is 0.629. The largest absolute Gasteiger partial charge is 0.436 e. The highest BCUT2D eigenvalue weighted by Gasteiger charge is 2.25. The Morgan fingerprint density at radius 3 is 1.93 bits per heavy atom. The van der Waals surface area contributed by atoms with Crippen molar-refractivity contribution in [2.45, 2.75) is 58.4 Å². The molecule has 1 N–H and O–H groups in total. The van der Waals surface area contributed by atoms with E-state index in [1.807, 2.05) is 24.3 Å². The van der Waals surface area contributed by atoms with Crippen molar-refractivity contribution in [2.24, 2.45) is 0 Å². The van der Waals surface area contributed by atoms with E-state index in [4.69, 9.17) is 4.42 Å². The van der Waals surface area contributed by atoms with Gasteiger partial charge >= 0.3 is 0 Å². The maximum absolute atomic E-state index is 6.00. The highest BCUT2D eigenvalue weighted by atomic mass is 16.3. The van der Waals surface area contributed by atoms with Crippen molar-refractivity contribution in [3.05, 3.63) is 131 Å². The van der Waals surface area contributed by atoms with Crippen LogP contribution in [0.25, 0.3) is 34.3 Å². The molecule has 1 aromatic heterocycles. The second-order valence-corrected chi connectivity index (χ2v) is 13.1. The summed E-state index contributed by atoms with van der Waals surface area (Å²) in [4.78, 5) is 4.67. The summed E-state index contributed by atoms with van der Waals surface area (Å²) in [6.07, 6.45) is 6.71. The first-order chi connectivity index (χ1) is 20.0. The monoisotopic (exact) mass is 553 g/mol. The average molecular weight is 554 g/mol. The van der Waals surface area contributed by atoms with E-state index in [1.54, 1.807) is 0 Å². The van der Waals surface area contributed by atoms with Crippen LogP contribution in [-0.4, -0.2) is 11.0 Å². The van der Waals surface area contributed by atoms with Crippen molar-refractivity contribution in [3.8, 4) is 11.5 Å². The smallest absolute Gasteiger partial charge is 0.227 e. The average Bonchev–Trinajstić information content (AvgIpc) is 3.60. The Bertz CT molecular complexity index is 1710. The first-order valence-electron chi connectivity index (χ1n) is 14.7. The van der Waals surface area contributed by atoms with Crippen LogP contribution < -0.4 is 10.4 Å². The molecule has 0 amide bonds. The predicted octanol–water partition coefficient (Wildman–Crippen LogP) is 9.54. The van der Waals surface area contributed by atoms with Crippen LogP contribution in [0, 0.1) is 0 Å². The Hall–Kier alpha value is -4.41. The lowest BCUT2D eigenvalue weighted by Crippen LogP contribution is -2.35. The minimum absolute atomic E-state index is 0.0429. The van der Waals surface area contributed by atoms with E-state index in [9.17, 15) is 0 Å². The Labute approximate surface area is 249 Å². The van der Waals surface area contributed by atoms with Gasteiger partial charge in [-0.1, -0.05) is 114 Å². The molecule has 0 radical (unpaired) electrons. The molecule has 1 aliphatic heterocycles. The zero-order valence-electron chi connectivity index (χ0n) is 25.3. The van der Waals surface area contributed by atoms with Gasteiger partial charge < -0.3 is 4.42 Å². The third-order valence-electron chi connectivity index (χ3n) is 7.84. The number of rotatable bonds is 5. The van der Waals surface area contributed by atoms with Gasteiger partial charge in [0, 0.05) is 5.56 Å². The van der Waals surface area contributed by atoms with Gasteiger partial charge in [0.05, 0.1) is 17.4 Å². The molecule has 0 saturated heterocycles. The Kier molecular flexibility index (Phi) is 7.12. The Morgan fingerprint density at radius 2 is 1.31 bits per heavy atom. The fourth-order valence-electron chi connectivity index (χ4n) is 5.24. The van der Waals surface area contributed by atoms with Gasteiger partial charge in [0.1, 0.15) is 5.52 Å². The summed E-state index contributed by atoms with van der Waals surface area (Å²) < 4.78 is 6.00. The summed E-state index contributed by atoms with van der Waals surface area (Å²) in [5, 5.41) is 2.18. The zero-order chi connectivity index (χ0) is 29.5. The lowest BCUT2D eigenvalue weighted by Gasteiger charge is -2.25. The van der Waals surface area contributed by atoms with Crippen molar-refractivity contribution >= 4 is 28.6 Å². The maximum atomic E-state index is 6.00. The lowest BCUT2D eigenvalue weighted by molar-refractivity contribution is 0.590. The second-order valence-electron chi connectivity index (χ2n) is 13.1. The summed E-state index contributed by atoms with van der Waals surface area (Å²) in [6, 6.07) is 34.1. The van der Waals surface area contributed by atoms with Gasteiger partial charge in [0.2, 0.25) is 5.89 Å². The number of fused-ring (bicyclic) bond motifs is 1. The van der Waals surface area contributed by atoms with Crippen LogP contribution in [0.2, 0.25) is 0 Å². The first kappa shape index (κ1) is 27.7. The number of oxazole rings is 1. The van der Waals surface area contributed by atoms with Gasteiger partial charge in [-0.15, -0.1) is 0 Å². The molecule has 0 fully saturated rings. The van der Waals surface area contributed by atoms with Gasteiger partial charge in [-0.25, -0.2) is 10.4 Å². The Morgan fingerprint density at radius 1 is 0.714 bits per heavy atom. The fourth-order valence-corrected chi connectivity index (χ4v) is 5.24. The first-order valence-corrected chi connectivity index (χ1v) is 14.7. The van der Waals surface area contributed by atoms with Crippen LogP contribution in [-0.2, 0) is 10.8 Å². The van der Waals surface area contributed by atoms with Gasteiger partial charge in [0.15, 0.2) is 5.58 Å². The molecule has 1 atom stereocenters. The molecule has 0 bridgehead atoms. The molecule has 6 rings (SSSR count). The SMILES string of the molecule is CC(C)(C)c1ccc(C=CC2C=C(c3ccc(C(C)(C)C)cc3)N(c3ccc(-c4nc5ccccc5o4)cc3)N2)cc1. The maximum Gasteiger partial charge on any atom is 0.227 e. The lowest BCUT2D eigenvalue weighted by atomic mass is 9.86. The van der Waals surface area contributed by atoms with Gasteiger partial charge in [0.25, 0.3) is 0 Å². The number of para-hydroxylation sites is 2. The molecule has 1 unspecified atom stereocenters. The predicted molar refractivity (Wildman–Crippen MR) is 176 cm³/mol. The van der Waals surface area contributed by atoms with E-state index < -0.39 is 0 Å². The van der Waals surface area contributed by atoms with Crippen molar-refractivity contribution in [3.63, 3.8) is 0 Å². The molecule has 0 aliphatic carbocycles. The molecule has 4 nitrogen and oxygen atoms in total. The summed E-state index contributed by atoms with van der Waals surface area (Å²) >= 11 is 0. The minimum Gasteiger partial charge on any atom is -0.436 e. The van der Waals surface area contributed by atoms with Crippen molar-refractivity contribution in [1.82, 2.24) is 10.4 Å². The number of aromatic nitrogens is 1. The molecule has 2 heterocycles. The second kappa shape index (κ2) is 10.8. The van der Waals surface area contributed by atoms with Crippen LogP contribution in [0.3, 0.4) is 0 Å². The highest BCUT2D eigenvalue weighted by Crippen LogP contribution is 2.33. The number of nitrogens with one attached hydrogen (secondary N) is 1. The van der Waals surface area contributed by atoms with E-state index in [0.29, 0.717) is 5.89 Å². The van der Waals surface area contributed by atoms with Gasteiger partial charge in [-0.2, -0.15) is 0 Å². The molecule has 212 valence electrons. The van der Waals surface area contributed by atoms with E-state index >= 15 is 0 Å². The molecule has 5 aromatic rings. The molecule has 4 heteroatoms.